The molecule has 0 amide bonds. The Kier molecular flexibility index (Phi) is 6.88. The van der Waals surface area contributed by atoms with Crippen molar-refractivity contribution in [2.45, 2.75) is 13.0 Å². The average Bonchev–Trinajstić information content (AvgIpc) is 3.48. The summed E-state index contributed by atoms with van der Waals surface area (Å²) in [5.41, 5.74) is 4.56. The second-order valence-corrected chi connectivity index (χ2v) is 10.1. The molecule has 6 rings (SSSR count). The van der Waals surface area contributed by atoms with E-state index in [0.29, 0.717) is 36.8 Å². The number of fused-ring (bicyclic) bond motifs is 2. The first-order valence-electron chi connectivity index (χ1n) is 13.1. The Morgan fingerprint density at radius 1 is 0.897 bits per heavy atom. The SMILES string of the molecule is COCCn1nc(Nc2n[nH]c3ccc(Cc4cc(F)cc(F)c4)cc23)c2ccc(N3CCN(C)CC3)cc21. The van der Waals surface area contributed by atoms with Gasteiger partial charge in [0, 0.05) is 55.8 Å². The smallest absolute Gasteiger partial charge is 0.161 e. The van der Waals surface area contributed by atoms with Crippen LogP contribution in [0.25, 0.3) is 21.8 Å². The van der Waals surface area contributed by atoms with E-state index in [9.17, 15) is 8.78 Å². The van der Waals surface area contributed by atoms with Gasteiger partial charge in [0.1, 0.15) is 11.6 Å². The largest absolute Gasteiger partial charge is 0.383 e. The minimum absolute atomic E-state index is 0.402. The molecule has 3 aromatic carbocycles. The van der Waals surface area contributed by atoms with Gasteiger partial charge in [-0.05, 0) is 67.1 Å². The van der Waals surface area contributed by atoms with Crippen molar-refractivity contribution in [2.75, 3.05) is 57.2 Å². The number of benzene rings is 3. The van der Waals surface area contributed by atoms with Crippen molar-refractivity contribution in [1.82, 2.24) is 24.9 Å². The van der Waals surface area contributed by atoms with Crippen LogP contribution in [0.1, 0.15) is 11.1 Å². The Hall–Kier alpha value is -4.02. The highest BCUT2D eigenvalue weighted by molar-refractivity contribution is 5.98. The van der Waals surface area contributed by atoms with Crippen LogP contribution in [0.3, 0.4) is 0 Å². The quantitative estimate of drug-likeness (QED) is 0.296. The summed E-state index contributed by atoms with van der Waals surface area (Å²) in [5, 5.41) is 17.7. The van der Waals surface area contributed by atoms with Crippen molar-refractivity contribution >= 4 is 39.1 Å². The van der Waals surface area contributed by atoms with E-state index < -0.39 is 11.6 Å². The Balaban J connectivity index is 1.32. The van der Waals surface area contributed by atoms with Crippen LogP contribution < -0.4 is 10.2 Å². The normalized spacial score (nSPS) is 14.5. The van der Waals surface area contributed by atoms with Crippen molar-refractivity contribution in [3.8, 4) is 0 Å². The molecule has 10 heteroatoms. The molecule has 202 valence electrons. The van der Waals surface area contributed by atoms with Crippen molar-refractivity contribution in [3.05, 3.63) is 77.4 Å². The van der Waals surface area contributed by atoms with Crippen molar-refractivity contribution < 1.29 is 13.5 Å². The molecule has 0 unspecified atom stereocenters. The van der Waals surface area contributed by atoms with Gasteiger partial charge in [0.05, 0.1) is 24.2 Å². The maximum atomic E-state index is 13.7. The van der Waals surface area contributed by atoms with Gasteiger partial charge in [-0.2, -0.15) is 10.2 Å². The number of ether oxygens (including phenoxy) is 1. The molecule has 0 saturated carbocycles. The molecule has 2 N–H and O–H groups in total. The summed E-state index contributed by atoms with van der Waals surface area (Å²) in [6.07, 6.45) is 0.402. The van der Waals surface area contributed by atoms with Crippen LogP contribution >= 0.6 is 0 Å². The summed E-state index contributed by atoms with van der Waals surface area (Å²) in [6.45, 7) is 5.22. The van der Waals surface area contributed by atoms with Gasteiger partial charge in [-0.1, -0.05) is 6.07 Å². The molecule has 1 saturated heterocycles. The zero-order valence-corrected chi connectivity index (χ0v) is 22.0. The van der Waals surface area contributed by atoms with E-state index in [1.807, 2.05) is 22.9 Å². The standard InChI is InChI=1S/C29H31F2N7O/c1-36-7-9-37(10-8-36)23-4-5-24-27(18-23)38(11-12-39-2)35-29(24)32-28-25-16-19(3-6-26(25)33-34-28)13-20-14-21(30)17-22(31)15-20/h3-6,14-18H,7-13H2,1-2H3,(H2,32,33,34,35). The van der Waals surface area contributed by atoms with Gasteiger partial charge in [-0.25, -0.2) is 8.78 Å². The zero-order valence-electron chi connectivity index (χ0n) is 22.0. The second-order valence-electron chi connectivity index (χ2n) is 10.1. The summed E-state index contributed by atoms with van der Waals surface area (Å²) >= 11 is 0. The molecule has 0 aliphatic carbocycles. The number of anilines is 3. The second kappa shape index (κ2) is 10.6. The summed E-state index contributed by atoms with van der Waals surface area (Å²) in [4.78, 5) is 4.75. The molecule has 1 fully saturated rings. The first kappa shape index (κ1) is 25.3. The monoisotopic (exact) mass is 531 g/mol. The highest BCUT2D eigenvalue weighted by Gasteiger charge is 2.18. The maximum Gasteiger partial charge on any atom is 0.161 e. The van der Waals surface area contributed by atoms with E-state index in [1.54, 1.807) is 7.11 Å². The summed E-state index contributed by atoms with van der Waals surface area (Å²) in [6, 6.07) is 15.9. The van der Waals surface area contributed by atoms with Crippen molar-refractivity contribution in [3.63, 3.8) is 0 Å². The third-order valence-corrected chi connectivity index (χ3v) is 7.31. The van der Waals surface area contributed by atoms with Gasteiger partial charge in [-0.3, -0.25) is 9.78 Å². The average molecular weight is 532 g/mol. The Morgan fingerprint density at radius 3 is 2.46 bits per heavy atom. The summed E-state index contributed by atoms with van der Waals surface area (Å²) < 4.78 is 34.7. The number of methoxy groups -OCH3 is 1. The highest BCUT2D eigenvalue weighted by Crippen LogP contribution is 2.32. The number of rotatable bonds is 8. The molecule has 2 aromatic heterocycles. The van der Waals surface area contributed by atoms with Gasteiger partial charge >= 0.3 is 0 Å². The fourth-order valence-corrected chi connectivity index (χ4v) is 5.19. The molecule has 8 nitrogen and oxygen atoms in total. The van der Waals surface area contributed by atoms with Crippen LogP contribution in [0.4, 0.5) is 26.1 Å². The predicted octanol–water partition coefficient (Wildman–Crippen LogP) is 4.92. The van der Waals surface area contributed by atoms with E-state index in [1.165, 1.54) is 17.8 Å². The van der Waals surface area contributed by atoms with Crippen LogP contribution in [0.5, 0.6) is 0 Å². The Bertz CT molecular complexity index is 1600. The van der Waals surface area contributed by atoms with Crippen LogP contribution in [0, 0.1) is 11.6 Å². The van der Waals surface area contributed by atoms with Crippen LogP contribution in [0.15, 0.2) is 54.6 Å². The van der Waals surface area contributed by atoms with E-state index in [2.05, 4.69) is 50.6 Å². The molecule has 3 heterocycles. The maximum absolute atomic E-state index is 13.7. The van der Waals surface area contributed by atoms with Crippen LogP contribution in [0.2, 0.25) is 0 Å². The zero-order chi connectivity index (χ0) is 26.9. The molecule has 1 aliphatic heterocycles. The third kappa shape index (κ3) is 5.30. The number of hydrogen-bond acceptors (Lipinski definition) is 6. The van der Waals surface area contributed by atoms with Crippen LogP contribution in [-0.2, 0) is 17.7 Å². The number of likely N-dealkylation sites (N-methyl/N-ethyl adjacent to an activating group) is 1. The molecular formula is C29H31F2N7O. The van der Waals surface area contributed by atoms with E-state index in [0.717, 1.165) is 59.6 Å². The molecule has 39 heavy (non-hydrogen) atoms. The molecule has 0 bridgehead atoms. The molecular weight excluding hydrogens is 500 g/mol. The van der Waals surface area contributed by atoms with Gasteiger partial charge in [-0.15, -0.1) is 0 Å². The van der Waals surface area contributed by atoms with Gasteiger partial charge < -0.3 is 19.9 Å². The fourth-order valence-electron chi connectivity index (χ4n) is 5.19. The number of hydrogen-bond donors (Lipinski definition) is 2. The van der Waals surface area contributed by atoms with Gasteiger partial charge in [0.2, 0.25) is 0 Å². The van der Waals surface area contributed by atoms with Crippen molar-refractivity contribution in [2.24, 2.45) is 0 Å². The van der Waals surface area contributed by atoms with Gasteiger partial charge in [0.15, 0.2) is 11.6 Å². The number of nitrogens with zero attached hydrogens (tertiary/aromatic N) is 5. The summed E-state index contributed by atoms with van der Waals surface area (Å²) in [7, 11) is 3.84. The first-order chi connectivity index (χ1) is 19.0. The topological polar surface area (TPSA) is 74.2 Å². The number of nitrogens with one attached hydrogen (secondary N) is 2. The van der Waals surface area contributed by atoms with Gasteiger partial charge in [0.25, 0.3) is 0 Å². The lowest BCUT2D eigenvalue weighted by molar-refractivity contribution is 0.185. The number of piperazine rings is 1. The van der Waals surface area contributed by atoms with E-state index >= 15 is 0 Å². The van der Waals surface area contributed by atoms with Crippen LogP contribution in [-0.4, -0.2) is 71.8 Å². The number of aromatic nitrogens is 4. The lowest BCUT2D eigenvalue weighted by atomic mass is 10.0. The minimum Gasteiger partial charge on any atom is -0.383 e. The molecule has 5 aromatic rings. The third-order valence-electron chi connectivity index (χ3n) is 7.31. The first-order valence-corrected chi connectivity index (χ1v) is 13.1. The fraction of sp³-hybridized carbons (Fsp3) is 0.310. The van der Waals surface area contributed by atoms with E-state index in [-0.39, 0.29) is 0 Å². The molecule has 0 radical (unpaired) electrons. The summed E-state index contributed by atoms with van der Waals surface area (Å²) in [5.74, 6) is 0.183. The highest BCUT2D eigenvalue weighted by atomic mass is 19.1. The molecule has 1 aliphatic rings. The number of halogens is 2. The number of aromatic amines is 1. The lowest BCUT2D eigenvalue weighted by Gasteiger charge is -2.34. The minimum atomic E-state index is -0.580. The Labute approximate surface area is 225 Å². The molecule has 0 spiro atoms. The molecule has 0 atom stereocenters. The van der Waals surface area contributed by atoms with E-state index in [4.69, 9.17) is 9.84 Å². The lowest BCUT2D eigenvalue weighted by Crippen LogP contribution is -2.44. The van der Waals surface area contributed by atoms with Crippen molar-refractivity contribution in [1.29, 1.82) is 0 Å². The predicted molar refractivity (Wildman–Crippen MR) is 150 cm³/mol. The Morgan fingerprint density at radius 2 is 1.69 bits per heavy atom. The number of H-pyrrole nitrogens is 1.